The van der Waals surface area contributed by atoms with Gasteiger partial charge in [-0.3, -0.25) is 9.40 Å². The van der Waals surface area contributed by atoms with Crippen LogP contribution in [0.3, 0.4) is 0 Å². The van der Waals surface area contributed by atoms with E-state index < -0.39 is 10.0 Å². The van der Waals surface area contributed by atoms with Crippen molar-refractivity contribution in [3.63, 3.8) is 0 Å². The Labute approximate surface area is 121 Å². The fourth-order valence-corrected chi connectivity index (χ4v) is 3.75. The van der Waals surface area contributed by atoms with Crippen molar-refractivity contribution in [1.82, 2.24) is 14.8 Å². The molecule has 0 atom stereocenters. The Kier molecular flexibility index (Phi) is 4.00. The summed E-state index contributed by atoms with van der Waals surface area (Å²) in [5.41, 5.74) is 6.49. The molecule has 0 saturated carbocycles. The lowest BCUT2D eigenvalue weighted by atomic mass is 10.2. The Morgan fingerprint density at radius 3 is 2.70 bits per heavy atom. The zero-order valence-electron chi connectivity index (χ0n) is 11.5. The van der Waals surface area contributed by atoms with Gasteiger partial charge >= 0.3 is 0 Å². The number of nitrogens with two attached hydrogens (primary N) is 1. The van der Waals surface area contributed by atoms with Gasteiger partial charge in [0.2, 0.25) is 0 Å². The molecule has 2 rings (SSSR count). The number of nitrogens with zero attached hydrogens (tertiary/aromatic N) is 3. The van der Waals surface area contributed by atoms with Crippen LogP contribution in [0.15, 0.2) is 16.5 Å². The zero-order chi connectivity index (χ0) is 14.9. The zero-order valence-corrected chi connectivity index (χ0v) is 13.1. The second-order valence-corrected chi connectivity index (χ2v) is 7.08. The number of aromatic nitrogens is 3. The van der Waals surface area contributed by atoms with Crippen LogP contribution in [-0.2, 0) is 16.6 Å². The number of anilines is 2. The lowest BCUT2D eigenvalue weighted by molar-refractivity contribution is 0.600. The highest BCUT2D eigenvalue weighted by Crippen LogP contribution is 2.25. The van der Waals surface area contributed by atoms with Crippen LogP contribution in [0.1, 0.15) is 32.4 Å². The third-order valence-electron chi connectivity index (χ3n) is 2.70. The fraction of sp³-hybridized carbons (Fsp3) is 0.455. The standard InChI is InChI=1S/C11H17N5O2S2/c1-4-16-5-9(10(12)14-16)20(17,18)15-11-13-8(6-19-11)7(2)3/h5-7H,4H2,1-3H3,(H2,12,14)(H,13,15). The number of nitrogens with one attached hydrogen (secondary N) is 1. The van der Waals surface area contributed by atoms with Gasteiger partial charge in [-0.2, -0.15) is 5.10 Å². The van der Waals surface area contributed by atoms with Gasteiger partial charge in [-0.25, -0.2) is 13.4 Å². The van der Waals surface area contributed by atoms with Crippen LogP contribution < -0.4 is 10.5 Å². The van der Waals surface area contributed by atoms with Crippen LogP contribution in [0.4, 0.5) is 10.9 Å². The Morgan fingerprint density at radius 2 is 2.20 bits per heavy atom. The van der Waals surface area contributed by atoms with Gasteiger partial charge in [-0.15, -0.1) is 11.3 Å². The molecule has 0 bridgehead atoms. The number of rotatable bonds is 5. The van der Waals surface area contributed by atoms with E-state index in [4.69, 9.17) is 5.73 Å². The van der Waals surface area contributed by atoms with E-state index in [1.54, 1.807) is 0 Å². The van der Waals surface area contributed by atoms with Gasteiger partial charge in [0.1, 0.15) is 4.90 Å². The van der Waals surface area contributed by atoms with Crippen LogP contribution in [0.2, 0.25) is 0 Å². The van der Waals surface area contributed by atoms with E-state index in [9.17, 15) is 8.42 Å². The number of thiazole rings is 1. The van der Waals surface area contributed by atoms with Crippen molar-refractivity contribution in [3.8, 4) is 0 Å². The first-order chi connectivity index (χ1) is 9.33. The summed E-state index contributed by atoms with van der Waals surface area (Å²) in [7, 11) is -3.76. The fourth-order valence-electron chi connectivity index (χ4n) is 1.56. The Balaban J connectivity index is 2.28. The third kappa shape index (κ3) is 2.93. The first kappa shape index (κ1) is 14.8. The van der Waals surface area contributed by atoms with Crippen LogP contribution in [0, 0.1) is 0 Å². The molecule has 0 fully saturated rings. The summed E-state index contributed by atoms with van der Waals surface area (Å²) in [6.07, 6.45) is 1.41. The highest BCUT2D eigenvalue weighted by atomic mass is 32.2. The van der Waals surface area contributed by atoms with Crippen molar-refractivity contribution in [2.75, 3.05) is 10.5 Å². The Bertz CT molecular complexity index is 702. The molecule has 110 valence electrons. The summed E-state index contributed by atoms with van der Waals surface area (Å²) in [4.78, 5) is 4.21. The molecule has 2 aromatic rings. The molecule has 20 heavy (non-hydrogen) atoms. The largest absolute Gasteiger partial charge is 0.381 e. The van der Waals surface area contributed by atoms with E-state index in [0.717, 1.165) is 5.69 Å². The van der Waals surface area contributed by atoms with Crippen LogP contribution in [0.5, 0.6) is 0 Å². The smallest absolute Gasteiger partial charge is 0.268 e. The minimum absolute atomic E-state index is 0.0139. The average Bonchev–Trinajstić information content (AvgIpc) is 2.95. The number of hydrogen-bond donors (Lipinski definition) is 2. The predicted octanol–water partition coefficient (Wildman–Crippen LogP) is 1.87. The van der Waals surface area contributed by atoms with Crippen molar-refractivity contribution < 1.29 is 8.42 Å². The van der Waals surface area contributed by atoms with Crippen molar-refractivity contribution in [2.24, 2.45) is 0 Å². The quantitative estimate of drug-likeness (QED) is 0.876. The maximum atomic E-state index is 12.3. The molecule has 9 heteroatoms. The summed E-state index contributed by atoms with van der Waals surface area (Å²) in [5.74, 6) is 0.234. The number of aryl methyl sites for hydroxylation is 1. The highest BCUT2D eigenvalue weighted by Gasteiger charge is 2.22. The van der Waals surface area contributed by atoms with Crippen molar-refractivity contribution in [3.05, 3.63) is 17.3 Å². The minimum atomic E-state index is -3.76. The molecule has 0 unspecified atom stereocenters. The normalized spacial score (nSPS) is 12.0. The van der Waals surface area contributed by atoms with Gasteiger partial charge in [-0.05, 0) is 12.8 Å². The molecule has 7 nitrogen and oxygen atoms in total. The van der Waals surface area contributed by atoms with Gasteiger partial charge in [0.15, 0.2) is 10.9 Å². The Hall–Kier alpha value is -1.61. The van der Waals surface area contributed by atoms with Gasteiger partial charge < -0.3 is 5.73 Å². The van der Waals surface area contributed by atoms with Crippen LogP contribution in [0.25, 0.3) is 0 Å². The molecule has 0 aliphatic heterocycles. The van der Waals surface area contributed by atoms with Gasteiger partial charge in [0.05, 0.1) is 5.69 Å². The van der Waals surface area contributed by atoms with Crippen molar-refractivity contribution >= 4 is 32.3 Å². The highest BCUT2D eigenvalue weighted by molar-refractivity contribution is 7.93. The molecule has 0 radical (unpaired) electrons. The first-order valence-electron chi connectivity index (χ1n) is 6.14. The summed E-state index contributed by atoms with van der Waals surface area (Å²) in [6.45, 7) is 6.40. The number of hydrogen-bond acceptors (Lipinski definition) is 6. The van der Waals surface area contributed by atoms with Gasteiger partial charge in [0, 0.05) is 18.1 Å². The first-order valence-corrected chi connectivity index (χ1v) is 8.51. The summed E-state index contributed by atoms with van der Waals surface area (Å²) >= 11 is 1.25. The molecule has 2 heterocycles. The molecule has 2 aromatic heterocycles. The summed E-state index contributed by atoms with van der Waals surface area (Å²) in [5, 5.41) is 6.09. The van der Waals surface area contributed by atoms with E-state index in [0.29, 0.717) is 11.7 Å². The molecule has 0 aliphatic rings. The second kappa shape index (κ2) is 5.41. The van der Waals surface area contributed by atoms with Crippen LogP contribution >= 0.6 is 11.3 Å². The van der Waals surface area contributed by atoms with Crippen molar-refractivity contribution in [1.29, 1.82) is 0 Å². The monoisotopic (exact) mass is 315 g/mol. The molecule has 0 spiro atoms. The molecule has 0 aliphatic carbocycles. The van der Waals surface area contributed by atoms with Gasteiger partial charge in [0.25, 0.3) is 10.0 Å². The SMILES string of the molecule is CCn1cc(S(=O)(=O)Nc2nc(C(C)C)cs2)c(N)n1. The molecule has 0 saturated heterocycles. The summed E-state index contributed by atoms with van der Waals surface area (Å²) < 4.78 is 28.4. The topological polar surface area (TPSA) is 103 Å². The lowest BCUT2D eigenvalue weighted by Gasteiger charge is -2.03. The van der Waals surface area contributed by atoms with Crippen LogP contribution in [-0.4, -0.2) is 23.2 Å². The van der Waals surface area contributed by atoms with Crippen molar-refractivity contribution in [2.45, 2.75) is 38.1 Å². The predicted molar refractivity (Wildman–Crippen MR) is 79.3 cm³/mol. The van der Waals surface area contributed by atoms with E-state index >= 15 is 0 Å². The summed E-state index contributed by atoms with van der Waals surface area (Å²) in [6, 6.07) is 0. The molecular weight excluding hydrogens is 298 g/mol. The molecule has 0 aromatic carbocycles. The van der Waals surface area contributed by atoms with Gasteiger partial charge in [-0.1, -0.05) is 13.8 Å². The molecule has 3 N–H and O–H groups in total. The van der Waals surface area contributed by atoms with E-state index in [2.05, 4.69) is 14.8 Å². The lowest BCUT2D eigenvalue weighted by Crippen LogP contribution is -2.13. The molecular formula is C11H17N5O2S2. The maximum Gasteiger partial charge on any atom is 0.268 e. The maximum absolute atomic E-state index is 12.3. The number of nitrogen functional groups attached to an aromatic ring is 1. The minimum Gasteiger partial charge on any atom is -0.381 e. The van der Waals surface area contributed by atoms with E-state index in [-0.39, 0.29) is 16.6 Å². The second-order valence-electron chi connectivity index (χ2n) is 4.57. The Morgan fingerprint density at radius 1 is 1.50 bits per heavy atom. The molecule has 0 amide bonds. The number of sulfonamides is 1. The van der Waals surface area contributed by atoms with E-state index in [1.807, 2.05) is 26.2 Å². The van der Waals surface area contributed by atoms with E-state index in [1.165, 1.54) is 22.2 Å². The third-order valence-corrected chi connectivity index (χ3v) is 4.96. The average molecular weight is 315 g/mol.